The van der Waals surface area contributed by atoms with Gasteiger partial charge in [-0.2, -0.15) is 0 Å². The second-order valence-corrected chi connectivity index (χ2v) is 9.15. The monoisotopic (exact) mass is 402 g/mol. The molecule has 28 heavy (non-hydrogen) atoms. The molecular weight excluding hydrogens is 376 g/mol. The van der Waals surface area contributed by atoms with Gasteiger partial charge in [-0.05, 0) is 48.9 Å². The summed E-state index contributed by atoms with van der Waals surface area (Å²) in [6.45, 7) is 8.59. The Kier molecular flexibility index (Phi) is 5.57. The van der Waals surface area contributed by atoms with Gasteiger partial charge in [0, 0.05) is 27.7 Å². The Morgan fingerprint density at radius 2 is 1.96 bits per heavy atom. The van der Waals surface area contributed by atoms with E-state index in [9.17, 15) is 9.90 Å². The molecule has 2 N–H and O–H groups in total. The minimum absolute atomic E-state index is 0.174. The van der Waals surface area contributed by atoms with Crippen LogP contribution in [0.1, 0.15) is 39.3 Å². The average molecular weight is 403 g/mol. The van der Waals surface area contributed by atoms with Crippen molar-refractivity contribution in [1.82, 2.24) is 10.3 Å². The Morgan fingerprint density at radius 3 is 2.50 bits per heavy atom. The number of ether oxygens (including phenoxy) is 1. The van der Waals surface area contributed by atoms with E-state index in [1.807, 2.05) is 37.3 Å². The van der Waals surface area contributed by atoms with E-state index in [0.717, 1.165) is 29.7 Å². The highest BCUT2D eigenvalue weighted by Crippen LogP contribution is 2.53. The molecule has 0 saturated heterocycles. The topological polar surface area (TPSA) is 71.5 Å². The van der Waals surface area contributed by atoms with Crippen molar-refractivity contribution in [3.05, 3.63) is 47.2 Å². The van der Waals surface area contributed by atoms with Crippen molar-refractivity contribution in [3.63, 3.8) is 0 Å². The second-order valence-electron chi connectivity index (χ2n) is 8.71. The van der Waals surface area contributed by atoms with Crippen molar-refractivity contribution < 1.29 is 14.6 Å². The van der Waals surface area contributed by atoms with Gasteiger partial charge in [-0.25, -0.2) is 4.79 Å². The molecule has 1 aliphatic carbocycles. The third-order valence-corrected chi connectivity index (χ3v) is 5.63. The maximum Gasteiger partial charge on any atom is 0.404 e. The molecule has 1 atom stereocenters. The molecule has 0 radical (unpaired) electrons. The van der Waals surface area contributed by atoms with Gasteiger partial charge in [0.05, 0.1) is 12.8 Å². The van der Waals surface area contributed by atoms with Gasteiger partial charge in [0.2, 0.25) is 0 Å². The molecule has 1 aromatic carbocycles. The van der Waals surface area contributed by atoms with Gasteiger partial charge in [-0.15, -0.1) is 0 Å². The van der Waals surface area contributed by atoms with Crippen molar-refractivity contribution in [2.75, 3.05) is 6.61 Å². The quantitative estimate of drug-likeness (QED) is 0.664. The maximum absolute atomic E-state index is 11.3. The standard InChI is InChI=1S/C22H27ClN2O3/c1-14-18(15-5-7-16(23)8-6-15)11-17(12-24-14)28-13-22(9-10-22)19(21(2,3)4)25-20(26)27/h5-8,11-12,19,25H,9-10,13H2,1-4H3,(H,26,27). The Labute approximate surface area is 171 Å². The van der Waals surface area contributed by atoms with E-state index < -0.39 is 6.09 Å². The van der Waals surface area contributed by atoms with Gasteiger partial charge in [-0.3, -0.25) is 4.98 Å². The van der Waals surface area contributed by atoms with Gasteiger partial charge in [0.15, 0.2) is 0 Å². The number of nitrogens with one attached hydrogen (secondary N) is 1. The van der Waals surface area contributed by atoms with Crippen LogP contribution in [0.2, 0.25) is 5.02 Å². The molecule has 0 aliphatic heterocycles. The Morgan fingerprint density at radius 1 is 1.32 bits per heavy atom. The van der Waals surface area contributed by atoms with Gasteiger partial charge in [0.1, 0.15) is 5.75 Å². The highest BCUT2D eigenvalue weighted by molar-refractivity contribution is 6.30. The summed E-state index contributed by atoms with van der Waals surface area (Å²) < 4.78 is 6.11. The Balaban J connectivity index is 1.78. The molecule has 0 bridgehead atoms. The zero-order chi connectivity index (χ0) is 20.5. The van der Waals surface area contributed by atoms with Gasteiger partial charge in [0.25, 0.3) is 0 Å². The number of hydrogen-bond donors (Lipinski definition) is 2. The van der Waals surface area contributed by atoms with Crippen LogP contribution < -0.4 is 10.1 Å². The predicted molar refractivity (Wildman–Crippen MR) is 111 cm³/mol. The fourth-order valence-corrected chi connectivity index (χ4v) is 3.96. The predicted octanol–water partition coefficient (Wildman–Crippen LogP) is 5.55. The zero-order valence-electron chi connectivity index (χ0n) is 16.8. The first-order valence-corrected chi connectivity index (χ1v) is 9.83. The summed E-state index contributed by atoms with van der Waals surface area (Å²) in [6.07, 6.45) is 2.62. The molecule has 5 nitrogen and oxygen atoms in total. The number of aryl methyl sites for hydroxylation is 1. The lowest BCUT2D eigenvalue weighted by atomic mass is 9.77. The lowest BCUT2D eigenvalue weighted by Gasteiger charge is -2.37. The molecule has 1 saturated carbocycles. The number of carbonyl (C=O) groups is 1. The van der Waals surface area contributed by atoms with Crippen LogP contribution in [0.4, 0.5) is 4.79 Å². The Hall–Kier alpha value is -2.27. The SMILES string of the molecule is Cc1ncc(OCC2(C(NC(=O)O)C(C)(C)C)CC2)cc1-c1ccc(Cl)cc1. The fraction of sp³-hybridized carbons (Fsp3) is 0.455. The molecule has 0 spiro atoms. The number of hydrogen-bond acceptors (Lipinski definition) is 3. The third kappa shape index (κ3) is 4.58. The van der Waals surface area contributed by atoms with Crippen LogP contribution in [-0.4, -0.2) is 28.8 Å². The molecule has 6 heteroatoms. The number of aromatic nitrogens is 1. The molecule has 1 heterocycles. The number of carboxylic acid groups (broad SMARTS) is 1. The lowest BCUT2D eigenvalue weighted by Crippen LogP contribution is -2.51. The summed E-state index contributed by atoms with van der Waals surface area (Å²) >= 11 is 5.99. The molecule has 3 rings (SSSR count). The molecule has 1 fully saturated rings. The van der Waals surface area contributed by atoms with Crippen molar-refractivity contribution in [2.24, 2.45) is 10.8 Å². The van der Waals surface area contributed by atoms with Crippen LogP contribution in [0.15, 0.2) is 36.5 Å². The number of amides is 1. The van der Waals surface area contributed by atoms with Crippen molar-refractivity contribution >= 4 is 17.7 Å². The average Bonchev–Trinajstić information content (AvgIpc) is 3.40. The largest absolute Gasteiger partial charge is 0.491 e. The smallest absolute Gasteiger partial charge is 0.404 e. The van der Waals surface area contributed by atoms with Crippen LogP contribution in [0.25, 0.3) is 11.1 Å². The summed E-state index contributed by atoms with van der Waals surface area (Å²) in [4.78, 5) is 15.8. The number of rotatable bonds is 6. The van der Waals surface area contributed by atoms with Gasteiger partial charge in [-0.1, -0.05) is 44.5 Å². The van der Waals surface area contributed by atoms with E-state index >= 15 is 0 Å². The van der Waals surface area contributed by atoms with Crippen LogP contribution in [0.3, 0.4) is 0 Å². The lowest BCUT2D eigenvalue weighted by molar-refractivity contribution is 0.111. The second kappa shape index (κ2) is 7.63. The third-order valence-electron chi connectivity index (χ3n) is 5.38. The normalized spacial score (nSPS) is 16.3. The van der Waals surface area contributed by atoms with Crippen LogP contribution in [0.5, 0.6) is 5.75 Å². The van der Waals surface area contributed by atoms with Crippen molar-refractivity contribution in [2.45, 2.75) is 46.6 Å². The molecular formula is C22H27ClN2O3. The molecule has 1 aromatic heterocycles. The first kappa shape index (κ1) is 20.5. The van der Waals surface area contributed by atoms with E-state index in [2.05, 4.69) is 31.1 Å². The summed E-state index contributed by atoms with van der Waals surface area (Å²) in [6, 6.07) is 9.45. The van der Waals surface area contributed by atoms with Crippen molar-refractivity contribution in [3.8, 4) is 16.9 Å². The summed E-state index contributed by atoms with van der Waals surface area (Å²) in [5, 5.41) is 12.7. The number of halogens is 1. The van der Waals surface area contributed by atoms with Crippen LogP contribution in [0, 0.1) is 17.8 Å². The highest BCUT2D eigenvalue weighted by Gasteiger charge is 2.54. The van der Waals surface area contributed by atoms with E-state index in [-0.39, 0.29) is 16.9 Å². The highest BCUT2D eigenvalue weighted by atomic mass is 35.5. The van der Waals surface area contributed by atoms with E-state index in [0.29, 0.717) is 17.4 Å². The van der Waals surface area contributed by atoms with Gasteiger partial charge >= 0.3 is 6.09 Å². The summed E-state index contributed by atoms with van der Waals surface area (Å²) in [5.41, 5.74) is 2.56. The molecule has 1 amide bonds. The molecule has 1 aliphatic rings. The number of nitrogens with zero attached hydrogens (tertiary/aromatic N) is 1. The first-order valence-electron chi connectivity index (χ1n) is 9.46. The van der Waals surface area contributed by atoms with Crippen LogP contribution in [-0.2, 0) is 0 Å². The van der Waals surface area contributed by atoms with Crippen molar-refractivity contribution in [1.29, 1.82) is 0 Å². The number of pyridine rings is 1. The molecule has 150 valence electrons. The minimum Gasteiger partial charge on any atom is -0.491 e. The van der Waals surface area contributed by atoms with E-state index in [4.69, 9.17) is 16.3 Å². The van der Waals surface area contributed by atoms with E-state index in [1.165, 1.54) is 0 Å². The fourth-order valence-electron chi connectivity index (χ4n) is 3.83. The van der Waals surface area contributed by atoms with Gasteiger partial charge < -0.3 is 15.2 Å². The zero-order valence-corrected chi connectivity index (χ0v) is 17.5. The summed E-state index contributed by atoms with van der Waals surface area (Å²) in [5.74, 6) is 0.685. The maximum atomic E-state index is 11.3. The minimum atomic E-state index is -0.992. The number of benzene rings is 1. The van der Waals surface area contributed by atoms with Crippen LogP contribution >= 0.6 is 11.6 Å². The molecule has 2 aromatic rings. The summed E-state index contributed by atoms with van der Waals surface area (Å²) in [7, 11) is 0. The Bertz CT molecular complexity index is 855. The molecule has 1 unspecified atom stereocenters. The first-order chi connectivity index (χ1) is 13.1. The van der Waals surface area contributed by atoms with E-state index in [1.54, 1.807) is 6.20 Å².